The first kappa shape index (κ1) is 19.6. The van der Waals surface area contributed by atoms with Gasteiger partial charge in [0.05, 0.1) is 6.10 Å². The molecule has 0 amide bonds. The van der Waals surface area contributed by atoms with Gasteiger partial charge < -0.3 is 5.11 Å². The molecule has 1 atom stereocenters. The minimum absolute atomic E-state index is 0.137. The number of aryl methyl sites for hydroxylation is 2. The zero-order chi connectivity index (χ0) is 16.9. The molecule has 0 saturated carbocycles. The van der Waals surface area contributed by atoms with E-state index in [2.05, 4.69) is 45.2 Å². The molecule has 0 heterocycles. The first-order valence-corrected chi connectivity index (χ1v) is 9.10. The van der Waals surface area contributed by atoms with Crippen molar-refractivity contribution in [3.63, 3.8) is 0 Å². The van der Waals surface area contributed by atoms with Crippen molar-refractivity contribution in [1.29, 1.82) is 0 Å². The van der Waals surface area contributed by atoms with Gasteiger partial charge in [-0.2, -0.15) is 0 Å². The van der Waals surface area contributed by atoms with Crippen LogP contribution in [0.3, 0.4) is 0 Å². The number of carbonyl (C=O) groups is 1. The molecule has 0 aromatic heterocycles. The molecule has 118 valence electrons. The Labute approximate surface area is 159 Å². The lowest BCUT2D eigenvalue weighted by Gasteiger charge is -2.08. The highest BCUT2D eigenvalue weighted by atomic mass is 127. The maximum Gasteiger partial charge on any atom is 0.160 e. The highest BCUT2D eigenvalue weighted by molar-refractivity contribution is 14.1. The Balaban J connectivity index is 0.000000220. The Hall–Kier alpha value is -0.470. The predicted octanol–water partition coefficient (Wildman–Crippen LogP) is 5.46. The Bertz CT molecular complexity index is 664. The molecular weight excluding hydrogens is 502 g/mol. The number of halogens is 2. The van der Waals surface area contributed by atoms with Gasteiger partial charge in [-0.25, -0.2) is 0 Å². The van der Waals surface area contributed by atoms with Crippen LogP contribution in [0.1, 0.15) is 47.0 Å². The molecule has 0 saturated heterocycles. The van der Waals surface area contributed by atoms with Crippen molar-refractivity contribution in [3.8, 4) is 0 Å². The molecule has 0 fully saturated rings. The fourth-order valence-corrected chi connectivity index (χ4v) is 3.46. The molecule has 0 bridgehead atoms. The number of hydrogen-bond acceptors (Lipinski definition) is 2. The van der Waals surface area contributed by atoms with E-state index < -0.39 is 0 Å². The van der Waals surface area contributed by atoms with Gasteiger partial charge >= 0.3 is 0 Å². The average molecular weight is 522 g/mol. The Morgan fingerprint density at radius 1 is 1.00 bits per heavy atom. The quantitative estimate of drug-likeness (QED) is 0.421. The van der Waals surface area contributed by atoms with Crippen LogP contribution in [0.5, 0.6) is 0 Å². The Kier molecular flexibility index (Phi) is 7.99. The van der Waals surface area contributed by atoms with Gasteiger partial charge in [-0.3, -0.25) is 4.79 Å². The Morgan fingerprint density at radius 3 is 1.91 bits per heavy atom. The summed E-state index contributed by atoms with van der Waals surface area (Å²) in [7, 11) is 0. The highest BCUT2D eigenvalue weighted by Crippen LogP contribution is 2.22. The van der Waals surface area contributed by atoms with Crippen molar-refractivity contribution < 1.29 is 9.90 Å². The normalized spacial score (nSPS) is 11.4. The number of benzene rings is 2. The minimum Gasteiger partial charge on any atom is -0.389 e. The topological polar surface area (TPSA) is 37.3 Å². The second-order valence-electron chi connectivity index (χ2n) is 5.15. The molecule has 0 aliphatic carbocycles. The van der Waals surface area contributed by atoms with Gasteiger partial charge in [0.15, 0.2) is 5.78 Å². The van der Waals surface area contributed by atoms with Crippen LogP contribution in [0.15, 0.2) is 36.4 Å². The van der Waals surface area contributed by atoms with E-state index in [1.165, 1.54) is 14.7 Å². The molecule has 0 radical (unpaired) electrons. The molecule has 2 aromatic rings. The molecule has 2 rings (SSSR count). The fourth-order valence-electron chi connectivity index (χ4n) is 1.91. The van der Waals surface area contributed by atoms with Gasteiger partial charge in [0.25, 0.3) is 0 Å². The van der Waals surface area contributed by atoms with Gasteiger partial charge in [-0.1, -0.05) is 36.4 Å². The van der Waals surface area contributed by atoms with Crippen molar-refractivity contribution in [1.82, 2.24) is 0 Å². The molecule has 4 heteroatoms. The molecule has 2 nitrogen and oxygen atoms in total. The van der Waals surface area contributed by atoms with Crippen LogP contribution in [0.4, 0.5) is 0 Å². The lowest BCUT2D eigenvalue weighted by molar-refractivity contribution is 0.101. The van der Waals surface area contributed by atoms with Crippen LogP contribution >= 0.6 is 45.2 Å². The van der Waals surface area contributed by atoms with Crippen LogP contribution in [0, 0.1) is 21.0 Å². The molecular formula is C18H20I2O2. The molecule has 0 spiro atoms. The number of Topliss-reactive ketones (excluding diaryl/α,β-unsaturated/α-hetero) is 1. The molecule has 0 aliphatic heterocycles. The maximum atomic E-state index is 11.0. The van der Waals surface area contributed by atoms with E-state index in [9.17, 15) is 9.90 Å². The maximum absolute atomic E-state index is 11.0. The SMILES string of the molecule is CC(=O)c1cccc(C)c1I.Cc1cccc([C@H](C)O)c1I. The number of carbonyl (C=O) groups excluding carboxylic acids is 1. The van der Waals surface area contributed by atoms with Gasteiger partial charge in [0.2, 0.25) is 0 Å². The summed E-state index contributed by atoms with van der Waals surface area (Å²) in [5.74, 6) is 0.137. The summed E-state index contributed by atoms with van der Waals surface area (Å²) in [6.07, 6.45) is -0.359. The van der Waals surface area contributed by atoms with Crippen molar-refractivity contribution in [3.05, 3.63) is 65.8 Å². The summed E-state index contributed by atoms with van der Waals surface area (Å²) < 4.78 is 2.23. The van der Waals surface area contributed by atoms with Crippen molar-refractivity contribution >= 4 is 51.0 Å². The summed E-state index contributed by atoms with van der Waals surface area (Å²) in [6.45, 7) is 7.44. The van der Waals surface area contributed by atoms with Crippen LogP contribution in [-0.4, -0.2) is 10.9 Å². The third kappa shape index (κ3) is 5.31. The first-order chi connectivity index (χ1) is 10.3. The van der Waals surface area contributed by atoms with Crippen LogP contribution < -0.4 is 0 Å². The lowest BCUT2D eigenvalue weighted by atomic mass is 10.1. The summed E-state index contributed by atoms with van der Waals surface area (Å²) in [4.78, 5) is 11.0. The Morgan fingerprint density at radius 2 is 1.50 bits per heavy atom. The highest BCUT2D eigenvalue weighted by Gasteiger charge is 2.06. The summed E-state index contributed by atoms with van der Waals surface area (Å²) in [6, 6.07) is 11.8. The largest absolute Gasteiger partial charge is 0.389 e. The van der Waals surface area contributed by atoms with E-state index in [1.807, 2.05) is 50.2 Å². The number of hydrogen-bond donors (Lipinski definition) is 1. The van der Waals surface area contributed by atoms with Crippen molar-refractivity contribution in [2.45, 2.75) is 33.8 Å². The summed E-state index contributed by atoms with van der Waals surface area (Å²) in [5, 5.41) is 9.32. The van der Waals surface area contributed by atoms with Gasteiger partial charge in [0.1, 0.15) is 0 Å². The monoisotopic (exact) mass is 522 g/mol. The predicted molar refractivity (Wildman–Crippen MR) is 108 cm³/mol. The summed E-state index contributed by atoms with van der Waals surface area (Å²) in [5.41, 5.74) is 4.23. The first-order valence-electron chi connectivity index (χ1n) is 6.94. The number of rotatable bonds is 2. The standard InChI is InChI=1S/C9H11IO.C9H9IO/c2*1-6-4-3-5-8(7(2)11)9(6)10/h3-5,7,11H,1-2H3;3-5H,1-2H3/t7-;/m0./s1. The van der Waals surface area contributed by atoms with Crippen molar-refractivity contribution in [2.24, 2.45) is 0 Å². The van der Waals surface area contributed by atoms with Gasteiger partial charge in [0, 0.05) is 12.7 Å². The van der Waals surface area contributed by atoms with E-state index in [0.29, 0.717) is 0 Å². The van der Waals surface area contributed by atoms with Gasteiger partial charge in [-0.15, -0.1) is 0 Å². The fraction of sp³-hybridized carbons (Fsp3) is 0.278. The lowest BCUT2D eigenvalue weighted by Crippen LogP contribution is -1.96. The number of ketones is 1. The van der Waals surface area contributed by atoms with Crippen LogP contribution in [0.2, 0.25) is 0 Å². The molecule has 22 heavy (non-hydrogen) atoms. The van der Waals surface area contributed by atoms with E-state index in [-0.39, 0.29) is 11.9 Å². The van der Waals surface area contributed by atoms with E-state index >= 15 is 0 Å². The van der Waals surface area contributed by atoms with Crippen molar-refractivity contribution in [2.75, 3.05) is 0 Å². The number of aliphatic hydroxyl groups excluding tert-OH is 1. The second-order valence-corrected chi connectivity index (χ2v) is 7.30. The third-order valence-corrected chi connectivity index (χ3v) is 6.15. The van der Waals surface area contributed by atoms with Crippen LogP contribution in [-0.2, 0) is 0 Å². The number of aliphatic hydroxyl groups is 1. The average Bonchev–Trinajstić information content (AvgIpc) is 2.45. The molecule has 0 aliphatic rings. The third-order valence-electron chi connectivity index (χ3n) is 3.24. The molecule has 2 aromatic carbocycles. The second kappa shape index (κ2) is 8.98. The van der Waals surface area contributed by atoms with Crippen LogP contribution in [0.25, 0.3) is 0 Å². The van der Waals surface area contributed by atoms with Gasteiger partial charge in [-0.05, 0) is 89.6 Å². The zero-order valence-corrected chi connectivity index (χ0v) is 17.5. The minimum atomic E-state index is -0.359. The summed E-state index contributed by atoms with van der Waals surface area (Å²) >= 11 is 4.46. The van der Waals surface area contributed by atoms with E-state index in [1.54, 1.807) is 13.8 Å². The van der Waals surface area contributed by atoms with E-state index in [4.69, 9.17) is 0 Å². The zero-order valence-electron chi connectivity index (χ0n) is 13.2. The smallest absolute Gasteiger partial charge is 0.160 e. The van der Waals surface area contributed by atoms with E-state index in [0.717, 1.165) is 14.7 Å². The molecule has 0 unspecified atom stereocenters. The molecule has 1 N–H and O–H groups in total.